The maximum Gasteiger partial charge on any atom is 0.323 e. The van der Waals surface area contributed by atoms with Gasteiger partial charge in [0.25, 0.3) is 0 Å². The van der Waals surface area contributed by atoms with Gasteiger partial charge in [0.1, 0.15) is 0 Å². The second-order valence-corrected chi connectivity index (χ2v) is 5.78. The molecule has 0 saturated carbocycles. The monoisotopic (exact) mass is 295 g/mol. The minimum absolute atomic E-state index is 0.0424. The number of unbranched alkanes of at least 4 members (excludes halogenated alkanes) is 1. The number of nitrogens with zero attached hydrogens (tertiary/aromatic N) is 3. The highest BCUT2D eigenvalue weighted by Crippen LogP contribution is 2.13. The zero-order chi connectivity index (χ0) is 15.7. The van der Waals surface area contributed by atoms with E-state index in [9.17, 15) is 0 Å². The molecular weight excluding hydrogens is 266 g/mol. The van der Waals surface area contributed by atoms with Crippen molar-refractivity contribution in [3.63, 3.8) is 0 Å². The molecule has 0 unspecified atom stereocenters. The summed E-state index contributed by atoms with van der Waals surface area (Å²) in [5, 5.41) is 6.34. The number of rotatable bonds is 10. The number of ether oxygens (including phenoxy) is 1. The van der Waals surface area contributed by atoms with Crippen LogP contribution in [0.3, 0.4) is 0 Å². The Morgan fingerprint density at radius 3 is 2.19 bits per heavy atom. The highest BCUT2D eigenvalue weighted by Gasteiger charge is 2.08. The Morgan fingerprint density at radius 1 is 0.952 bits per heavy atom. The standard InChI is InChI=1S/C15H29N5O/c1-6-16-13-18-14(17-10-8-7-9-11(2)3)20-15(19-13)21-12(4)5/h11-12H,6-10H2,1-5H3,(H2,16,17,18,19,20). The van der Waals surface area contributed by atoms with Crippen molar-refractivity contribution in [3.8, 4) is 6.01 Å². The van der Waals surface area contributed by atoms with Gasteiger partial charge in [0.05, 0.1) is 6.10 Å². The van der Waals surface area contributed by atoms with Crippen LogP contribution in [0.25, 0.3) is 0 Å². The first kappa shape index (κ1) is 17.5. The third-order valence-corrected chi connectivity index (χ3v) is 2.78. The molecule has 6 heteroatoms. The van der Waals surface area contributed by atoms with Gasteiger partial charge >= 0.3 is 6.01 Å². The number of hydrogen-bond donors (Lipinski definition) is 2. The smallest absolute Gasteiger partial charge is 0.323 e. The first-order valence-corrected chi connectivity index (χ1v) is 7.91. The summed E-state index contributed by atoms with van der Waals surface area (Å²) in [6, 6.07) is 0.362. The van der Waals surface area contributed by atoms with Crippen molar-refractivity contribution in [1.29, 1.82) is 0 Å². The number of nitrogens with one attached hydrogen (secondary N) is 2. The summed E-state index contributed by atoms with van der Waals surface area (Å²) in [4.78, 5) is 12.9. The van der Waals surface area contributed by atoms with E-state index in [-0.39, 0.29) is 6.10 Å². The number of aromatic nitrogens is 3. The summed E-state index contributed by atoms with van der Waals surface area (Å²) < 4.78 is 5.56. The van der Waals surface area contributed by atoms with E-state index in [0.717, 1.165) is 25.4 Å². The summed E-state index contributed by atoms with van der Waals surface area (Å²) in [6.45, 7) is 12.0. The Hall–Kier alpha value is -1.59. The van der Waals surface area contributed by atoms with Crippen LogP contribution in [0.4, 0.5) is 11.9 Å². The van der Waals surface area contributed by atoms with E-state index in [1.807, 2.05) is 20.8 Å². The quantitative estimate of drug-likeness (QED) is 0.645. The van der Waals surface area contributed by atoms with Crippen LogP contribution in [0.2, 0.25) is 0 Å². The van der Waals surface area contributed by atoms with E-state index < -0.39 is 0 Å². The summed E-state index contributed by atoms with van der Waals surface area (Å²) in [7, 11) is 0. The summed E-state index contributed by atoms with van der Waals surface area (Å²) in [6.07, 6.45) is 3.62. The van der Waals surface area contributed by atoms with E-state index in [1.165, 1.54) is 12.8 Å². The molecule has 0 saturated heterocycles. The van der Waals surface area contributed by atoms with Gasteiger partial charge in [-0.25, -0.2) is 0 Å². The molecule has 0 aromatic carbocycles. The second-order valence-electron chi connectivity index (χ2n) is 5.78. The SMILES string of the molecule is CCNc1nc(NCCCCC(C)C)nc(OC(C)C)n1. The lowest BCUT2D eigenvalue weighted by Crippen LogP contribution is -2.14. The maximum atomic E-state index is 5.56. The third kappa shape index (κ3) is 7.68. The Morgan fingerprint density at radius 2 is 1.62 bits per heavy atom. The largest absolute Gasteiger partial charge is 0.461 e. The van der Waals surface area contributed by atoms with E-state index in [1.54, 1.807) is 0 Å². The lowest BCUT2D eigenvalue weighted by molar-refractivity contribution is 0.222. The minimum atomic E-state index is 0.0424. The van der Waals surface area contributed by atoms with Gasteiger partial charge in [-0.1, -0.05) is 26.7 Å². The molecular formula is C15H29N5O. The fourth-order valence-electron chi connectivity index (χ4n) is 1.81. The highest BCUT2D eigenvalue weighted by molar-refractivity contribution is 5.35. The molecule has 1 rings (SSSR count). The van der Waals surface area contributed by atoms with Gasteiger partial charge in [-0.3, -0.25) is 0 Å². The van der Waals surface area contributed by atoms with Gasteiger partial charge < -0.3 is 15.4 Å². The number of hydrogen-bond acceptors (Lipinski definition) is 6. The fraction of sp³-hybridized carbons (Fsp3) is 0.800. The zero-order valence-corrected chi connectivity index (χ0v) is 13.9. The van der Waals surface area contributed by atoms with Gasteiger partial charge in [0, 0.05) is 13.1 Å². The summed E-state index contributed by atoms with van der Waals surface area (Å²) >= 11 is 0. The predicted molar refractivity (Wildman–Crippen MR) is 86.9 cm³/mol. The first-order chi connectivity index (χ1) is 10.0. The maximum absolute atomic E-state index is 5.56. The molecule has 0 bridgehead atoms. The van der Waals surface area contributed by atoms with Gasteiger partial charge in [-0.2, -0.15) is 15.0 Å². The summed E-state index contributed by atoms with van der Waals surface area (Å²) in [5.41, 5.74) is 0. The van der Waals surface area contributed by atoms with Crippen LogP contribution in [-0.4, -0.2) is 34.1 Å². The minimum Gasteiger partial charge on any atom is -0.461 e. The molecule has 0 aliphatic carbocycles. The number of anilines is 2. The molecule has 2 N–H and O–H groups in total. The van der Waals surface area contributed by atoms with Crippen LogP contribution in [-0.2, 0) is 0 Å². The highest BCUT2D eigenvalue weighted by atomic mass is 16.5. The van der Waals surface area contributed by atoms with E-state index in [0.29, 0.717) is 17.9 Å². The average molecular weight is 295 g/mol. The Balaban J connectivity index is 2.56. The van der Waals surface area contributed by atoms with Gasteiger partial charge in [0.15, 0.2) is 0 Å². The molecule has 1 aromatic rings. The molecule has 0 amide bonds. The molecule has 1 aromatic heterocycles. The van der Waals surface area contributed by atoms with E-state index >= 15 is 0 Å². The Bertz CT molecular complexity index is 409. The van der Waals surface area contributed by atoms with Crippen LogP contribution in [0, 0.1) is 5.92 Å². The Labute approximate surface area is 128 Å². The molecule has 0 atom stereocenters. The molecule has 0 aliphatic heterocycles. The zero-order valence-electron chi connectivity index (χ0n) is 13.9. The molecule has 0 fully saturated rings. The van der Waals surface area contributed by atoms with Crippen LogP contribution < -0.4 is 15.4 Å². The van der Waals surface area contributed by atoms with Crippen molar-refractivity contribution in [3.05, 3.63) is 0 Å². The molecule has 0 radical (unpaired) electrons. The predicted octanol–water partition coefficient (Wildman–Crippen LogP) is 3.33. The lowest BCUT2D eigenvalue weighted by atomic mass is 10.1. The van der Waals surface area contributed by atoms with Crippen molar-refractivity contribution in [2.24, 2.45) is 5.92 Å². The van der Waals surface area contributed by atoms with Crippen LogP contribution in [0.15, 0.2) is 0 Å². The molecule has 6 nitrogen and oxygen atoms in total. The normalized spacial score (nSPS) is 11.0. The van der Waals surface area contributed by atoms with E-state index in [4.69, 9.17) is 4.74 Å². The van der Waals surface area contributed by atoms with Gasteiger partial charge in [-0.05, 0) is 33.1 Å². The molecule has 120 valence electrons. The van der Waals surface area contributed by atoms with Crippen molar-refractivity contribution >= 4 is 11.9 Å². The van der Waals surface area contributed by atoms with Crippen molar-refractivity contribution in [2.75, 3.05) is 23.7 Å². The third-order valence-electron chi connectivity index (χ3n) is 2.78. The topological polar surface area (TPSA) is 72.0 Å². The van der Waals surface area contributed by atoms with Crippen molar-refractivity contribution < 1.29 is 4.74 Å². The van der Waals surface area contributed by atoms with Gasteiger partial charge in [0.2, 0.25) is 11.9 Å². The van der Waals surface area contributed by atoms with Crippen LogP contribution in [0.1, 0.15) is 53.9 Å². The van der Waals surface area contributed by atoms with Crippen molar-refractivity contribution in [1.82, 2.24) is 15.0 Å². The fourth-order valence-corrected chi connectivity index (χ4v) is 1.81. The van der Waals surface area contributed by atoms with E-state index in [2.05, 4.69) is 39.4 Å². The van der Waals surface area contributed by atoms with Crippen LogP contribution >= 0.6 is 0 Å². The van der Waals surface area contributed by atoms with Gasteiger partial charge in [-0.15, -0.1) is 0 Å². The van der Waals surface area contributed by atoms with Crippen molar-refractivity contribution in [2.45, 2.75) is 60.0 Å². The van der Waals surface area contributed by atoms with Crippen LogP contribution in [0.5, 0.6) is 6.01 Å². The molecule has 21 heavy (non-hydrogen) atoms. The lowest BCUT2D eigenvalue weighted by Gasteiger charge is -2.12. The Kier molecular flexibility index (Phi) is 7.79. The molecule has 0 aliphatic rings. The average Bonchev–Trinajstić information content (AvgIpc) is 2.37. The summed E-state index contributed by atoms with van der Waals surface area (Å²) in [5.74, 6) is 1.88. The second kappa shape index (κ2) is 9.37. The molecule has 0 spiro atoms. The molecule has 1 heterocycles. The first-order valence-electron chi connectivity index (χ1n) is 7.91.